The summed E-state index contributed by atoms with van der Waals surface area (Å²) in [7, 11) is 0. The topological polar surface area (TPSA) is 41.1 Å². The minimum Gasteiger partial charge on any atom is -0.376 e. The fourth-order valence-electron chi connectivity index (χ4n) is 2.31. The highest BCUT2D eigenvalue weighted by atomic mass is 79.9. The van der Waals surface area contributed by atoms with Gasteiger partial charge < -0.3 is 10.6 Å². The van der Waals surface area contributed by atoms with E-state index in [9.17, 15) is 9.18 Å². The summed E-state index contributed by atoms with van der Waals surface area (Å²) in [6.45, 7) is 0.217. The lowest BCUT2D eigenvalue weighted by atomic mass is 9.95. The van der Waals surface area contributed by atoms with E-state index in [1.54, 1.807) is 12.1 Å². The third-order valence-corrected chi connectivity index (χ3v) is 3.95. The van der Waals surface area contributed by atoms with Crippen LogP contribution >= 0.6 is 15.9 Å². The molecule has 104 valence electrons. The molecule has 0 heterocycles. The molecule has 1 aromatic rings. The number of amides is 1. The summed E-state index contributed by atoms with van der Waals surface area (Å²) >= 11 is 3.12. The first-order chi connectivity index (χ1) is 9.15. The molecule has 1 aliphatic carbocycles. The second-order valence-electron chi connectivity index (χ2n) is 4.88. The van der Waals surface area contributed by atoms with E-state index < -0.39 is 0 Å². The number of carbonyl (C=O) groups excluding carboxylic acids is 1. The maximum Gasteiger partial charge on any atom is 0.239 e. The normalized spacial score (nSPS) is 16.1. The Balaban J connectivity index is 1.77. The number of halogens is 2. The third kappa shape index (κ3) is 4.49. The van der Waals surface area contributed by atoms with Crippen LogP contribution < -0.4 is 10.6 Å². The van der Waals surface area contributed by atoms with Crippen LogP contribution in [0.15, 0.2) is 22.7 Å². The molecule has 0 bridgehead atoms. The molecule has 0 spiro atoms. The molecule has 3 nitrogen and oxygen atoms in total. The quantitative estimate of drug-likeness (QED) is 0.888. The zero-order valence-electron chi connectivity index (χ0n) is 10.7. The number of hydrogen-bond acceptors (Lipinski definition) is 2. The summed E-state index contributed by atoms with van der Waals surface area (Å²) < 4.78 is 13.4. The van der Waals surface area contributed by atoms with Crippen molar-refractivity contribution in [2.24, 2.45) is 0 Å². The smallest absolute Gasteiger partial charge is 0.239 e. The Hall–Kier alpha value is -1.10. The fourth-order valence-corrected chi connectivity index (χ4v) is 2.69. The van der Waals surface area contributed by atoms with E-state index in [1.165, 1.54) is 25.3 Å². The molecule has 1 fully saturated rings. The number of rotatable bonds is 4. The van der Waals surface area contributed by atoms with Crippen molar-refractivity contribution in [2.45, 2.75) is 38.1 Å². The molecule has 0 atom stereocenters. The first-order valence-corrected chi connectivity index (χ1v) is 7.43. The fraction of sp³-hybridized carbons (Fsp3) is 0.500. The van der Waals surface area contributed by atoms with Crippen LogP contribution in [-0.4, -0.2) is 18.5 Å². The molecule has 1 amide bonds. The first-order valence-electron chi connectivity index (χ1n) is 6.63. The van der Waals surface area contributed by atoms with Crippen molar-refractivity contribution < 1.29 is 9.18 Å². The van der Waals surface area contributed by atoms with Gasteiger partial charge in [-0.1, -0.05) is 19.3 Å². The van der Waals surface area contributed by atoms with Crippen molar-refractivity contribution in [3.05, 3.63) is 28.5 Å². The number of hydrogen-bond donors (Lipinski definition) is 2. The van der Waals surface area contributed by atoms with E-state index in [0.717, 1.165) is 18.5 Å². The van der Waals surface area contributed by atoms with Crippen LogP contribution in [0.1, 0.15) is 32.1 Å². The lowest BCUT2D eigenvalue weighted by Gasteiger charge is -2.22. The average molecular weight is 329 g/mol. The third-order valence-electron chi connectivity index (χ3n) is 3.34. The molecule has 1 aliphatic rings. The first kappa shape index (κ1) is 14.3. The van der Waals surface area contributed by atoms with E-state index in [0.29, 0.717) is 10.5 Å². The molecule has 1 saturated carbocycles. The van der Waals surface area contributed by atoms with Crippen molar-refractivity contribution >= 4 is 27.5 Å². The molecular formula is C14H18BrFN2O. The van der Waals surface area contributed by atoms with E-state index in [-0.39, 0.29) is 18.3 Å². The lowest BCUT2D eigenvalue weighted by Crippen LogP contribution is -2.39. The predicted molar refractivity (Wildman–Crippen MR) is 77.6 cm³/mol. The van der Waals surface area contributed by atoms with Gasteiger partial charge in [-0.15, -0.1) is 0 Å². The van der Waals surface area contributed by atoms with Crippen molar-refractivity contribution in [3.63, 3.8) is 0 Å². The average Bonchev–Trinajstić information content (AvgIpc) is 2.41. The summed E-state index contributed by atoms with van der Waals surface area (Å²) in [4.78, 5) is 11.8. The maximum absolute atomic E-state index is 13.1. The van der Waals surface area contributed by atoms with Crippen molar-refractivity contribution in [3.8, 4) is 0 Å². The molecule has 0 saturated heterocycles. The van der Waals surface area contributed by atoms with Crippen molar-refractivity contribution in [1.82, 2.24) is 5.32 Å². The number of nitrogens with one attached hydrogen (secondary N) is 2. The number of carbonyl (C=O) groups is 1. The van der Waals surface area contributed by atoms with Gasteiger partial charge in [-0.3, -0.25) is 4.79 Å². The Morgan fingerprint density at radius 1 is 1.32 bits per heavy atom. The van der Waals surface area contributed by atoms with Crippen LogP contribution in [0, 0.1) is 5.82 Å². The van der Waals surface area contributed by atoms with E-state index in [2.05, 4.69) is 26.6 Å². The van der Waals surface area contributed by atoms with Gasteiger partial charge in [-0.05, 0) is 47.0 Å². The summed E-state index contributed by atoms with van der Waals surface area (Å²) in [5.74, 6) is -0.315. The monoisotopic (exact) mass is 328 g/mol. The Bertz CT molecular complexity index is 447. The van der Waals surface area contributed by atoms with Gasteiger partial charge in [0.25, 0.3) is 0 Å². The second-order valence-corrected chi connectivity index (χ2v) is 5.74. The molecule has 0 unspecified atom stereocenters. The number of benzene rings is 1. The molecule has 2 rings (SSSR count). The minimum absolute atomic E-state index is 0.00709. The standard InChI is InChI=1S/C14H18BrFN2O/c15-12-8-11(6-7-13(12)16)17-9-14(19)18-10-4-2-1-3-5-10/h6-8,10,17H,1-5,9H2,(H,18,19). The van der Waals surface area contributed by atoms with Crippen LogP contribution in [0.25, 0.3) is 0 Å². The molecule has 0 aromatic heterocycles. The molecule has 19 heavy (non-hydrogen) atoms. The van der Waals surface area contributed by atoms with Gasteiger partial charge in [0.15, 0.2) is 0 Å². The summed E-state index contributed by atoms with van der Waals surface area (Å²) in [6.07, 6.45) is 5.82. The number of anilines is 1. The Morgan fingerprint density at radius 2 is 2.05 bits per heavy atom. The molecule has 1 aromatic carbocycles. The van der Waals surface area contributed by atoms with Crippen LogP contribution in [0.5, 0.6) is 0 Å². The zero-order chi connectivity index (χ0) is 13.7. The van der Waals surface area contributed by atoms with Gasteiger partial charge in [-0.2, -0.15) is 0 Å². The molecule has 0 aliphatic heterocycles. The van der Waals surface area contributed by atoms with E-state index >= 15 is 0 Å². The van der Waals surface area contributed by atoms with E-state index in [4.69, 9.17) is 0 Å². The minimum atomic E-state index is -0.308. The maximum atomic E-state index is 13.1. The van der Waals surface area contributed by atoms with Gasteiger partial charge in [0.05, 0.1) is 11.0 Å². The van der Waals surface area contributed by atoms with Gasteiger partial charge in [0.2, 0.25) is 5.91 Å². The van der Waals surface area contributed by atoms with Crippen LogP contribution in [0.3, 0.4) is 0 Å². The summed E-state index contributed by atoms with van der Waals surface area (Å²) in [5, 5.41) is 6.02. The van der Waals surface area contributed by atoms with Crippen molar-refractivity contribution in [1.29, 1.82) is 0 Å². The predicted octanol–water partition coefficient (Wildman–Crippen LogP) is 3.45. The highest BCUT2D eigenvalue weighted by molar-refractivity contribution is 9.10. The Labute approximate surface area is 121 Å². The van der Waals surface area contributed by atoms with Gasteiger partial charge in [0, 0.05) is 11.7 Å². The van der Waals surface area contributed by atoms with Crippen molar-refractivity contribution in [2.75, 3.05) is 11.9 Å². The van der Waals surface area contributed by atoms with Gasteiger partial charge >= 0.3 is 0 Å². The second kappa shape index (κ2) is 6.89. The Kier molecular flexibility index (Phi) is 5.19. The van der Waals surface area contributed by atoms with Crippen LogP contribution in [0.4, 0.5) is 10.1 Å². The van der Waals surface area contributed by atoms with E-state index in [1.807, 2.05) is 0 Å². The highest BCUT2D eigenvalue weighted by Crippen LogP contribution is 2.20. The largest absolute Gasteiger partial charge is 0.376 e. The molecule has 5 heteroatoms. The molecule has 2 N–H and O–H groups in total. The molecular weight excluding hydrogens is 311 g/mol. The summed E-state index contributed by atoms with van der Waals surface area (Å²) in [5.41, 5.74) is 0.729. The highest BCUT2D eigenvalue weighted by Gasteiger charge is 2.15. The van der Waals surface area contributed by atoms with Crippen LogP contribution in [0.2, 0.25) is 0 Å². The zero-order valence-corrected chi connectivity index (χ0v) is 12.3. The van der Waals surface area contributed by atoms with Crippen LogP contribution in [-0.2, 0) is 4.79 Å². The SMILES string of the molecule is O=C(CNc1ccc(F)c(Br)c1)NC1CCCCC1. The molecule has 0 radical (unpaired) electrons. The van der Waals surface area contributed by atoms with Gasteiger partial charge in [0.1, 0.15) is 5.82 Å². The Morgan fingerprint density at radius 3 is 2.74 bits per heavy atom. The van der Waals surface area contributed by atoms with Gasteiger partial charge in [-0.25, -0.2) is 4.39 Å². The lowest BCUT2D eigenvalue weighted by molar-refractivity contribution is -0.120. The summed E-state index contributed by atoms with van der Waals surface area (Å²) in [6, 6.07) is 4.94.